The molecule has 1 aromatic rings. The van der Waals surface area contributed by atoms with Crippen LogP contribution in [0.4, 0.5) is 4.79 Å². The Morgan fingerprint density at radius 2 is 1.93 bits per heavy atom. The highest BCUT2D eigenvalue weighted by atomic mass is 35.5. The first-order chi connectivity index (χ1) is 12.8. The third-order valence-electron chi connectivity index (χ3n) is 3.22. The Morgan fingerprint density at radius 3 is 2.52 bits per heavy atom. The van der Waals surface area contributed by atoms with E-state index in [1.165, 1.54) is 19.2 Å². The monoisotopic (exact) mass is 400 g/mol. The molecular weight excluding hydrogens is 376 g/mol. The van der Waals surface area contributed by atoms with E-state index < -0.39 is 24.5 Å². The van der Waals surface area contributed by atoms with Crippen LogP contribution in [-0.2, 0) is 9.53 Å². The highest BCUT2D eigenvalue weighted by Gasteiger charge is 2.18. The van der Waals surface area contributed by atoms with E-state index in [0.717, 1.165) is 12.8 Å². The second kappa shape index (κ2) is 11.3. The Kier molecular flexibility index (Phi) is 9.42. The lowest BCUT2D eigenvalue weighted by Gasteiger charge is -2.14. The fourth-order valence-electron chi connectivity index (χ4n) is 1.97. The summed E-state index contributed by atoms with van der Waals surface area (Å²) in [6.45, 7) is 5.38. The molecule has 0 aliphatic heterocycles. The molecule has 0 spiro atoms. The second-order valence-corrected chi connectivity index (χ2v) is 6.35. The van der Waals surface area contributed by atoms with Crippen LogP contribution in [0.2, 0.25) is 5.02 Å². The molecule has 150 valence electrons. The number of hydrogen-bond donors (Lipinski definition) is 2. The van der Waals surface area contributed by atoms with Crippen molar-refractivity contribution >= 4 is 29.5 Å². The zero-order valence-electron chi connectivity index (χ0n) is 15.9. The first kappa shape index (κ1) is 22.6. The summed E-state index contributed by atoms with van der Waals surface area (Å²) in [4.78, 5) is 35.2. The van der Waals surface area contributed by atoms with Gasteiger partial charge in [-0.05, 0) is 32.4 Å². The summed E-state index contributed by atoms with van der Waals surface area (Å²) in [6.07, 6.45) is 1.81. The van der Waals surface area contributed by atoms with Crippen molar-refractivity contribution in [2.24, 2.45) is 0 Å². The Labute approximate surface area is 163 Å². The van der Waals surface area contributed by atoms with Crippen molar-refractivity contribution in [3.8, 4) is 11.5 Å². The molecule has 0 saturated heterocycles. The van der Waals surface area contributed by atoms with E-state index in [9.17, 15) is 14.4 Å². The van der Waals surface area contributed by atoms with Gasteiger partial charge in [0.15, 0.2) is 18.1 Å². The largest absolute Gasteiger partial charge is 0.493 e. The Morgan fingerprint density at radius 1 is 1.22 bits per heavy atom. The zero-order valence-corrected chi connectivity index (χ0v) is 16.6. The van der Waals surface area contributed by atoms with Crippen molar-refractivity contribution in [1.82, 2.24) is 10.6 Å². The van der Waals surface area contributed by atoms with Crippen LogP contribution in [0.25, 0.3) is 0 Å². The van der Waals surface area contributed by atoms with E-state index in [-0.39, 0.29) is 22.4 Å². The summed E-state index contributed by atoms with van der Waals surface area (Å²) in [7, 11) is 1.42. The topological polar surface area (TPSA) is 103 Å². The number of unbranched alkanes of at least 4 members (excludes halogenated alkanes) is 1. The summed E-state index contributed by atoms with van der Waals surface area (Å²) < 4.78 is 15.7. The molecule has 1 aromatic carbocycles. The van der Waals surface area contributed by atoms with Gasteiger partial charge in [-0.25, -0.2) is 9.59 Å². The number of esters is 1. The maximum absolute atomic E-state index is 12.1. The number of halogens is 1. The molecule has 27 heavy (non-hydrogen) atoms. The average Bonchev–Trinajstić information content (AvgIpc) is 2.59. The van der Waals surface area contributed by atoms with Gasteiger partial charge in [-0.2, -0.15) is 0 Å². The van der Waals surface area contributed by atoms with Gasteiger partial charge in [-0.15, -0.1) is 0 Å². The van der Waals surface area contributed by atoms with Gasteiger partial charge < -0.3 is 19.5 Å². The van der Waals surface area contributed by atoms with E-state index in [4.69, 9.17) is 25.8 Å². The van der Waals surface area contributed by atoms with Gasteiger partial charge in [-0.1, -0.05) is 24.9 Å². The number of nitrogens with one attached hydrogen (secondary N) is 2. The van der Waals surface area contributed by atoms with Gasteiger partial charge in [0, 0.05) is 6.04 Å². The molecule has 0 unspecified atom stereocenters. The van der Waals surface area contributed by atoms with Crippen molar-refractivity contribution in [1.29, 1.82) is 0 Å². The highest BCUT2D eigenvalue weighted by Crippen LogP contribution is 2.36. The van der Waals surface area contributed by atoms with E-state index >= 15 is 0 Å². The molecule has 9 heteroatoms. The average molecular weight is 401 g/mol. The summed E-state index contributed by atoms with van der Waals surface area (Å²) in [5, 5.41) is 4.73. The Bertz CT molecular complexity index is 678. The third-order valence-corrected chi connectivity index (χ3v) is 3.50. The van der Waals surface area contributed by atoms with Gasteiger partial charge in [0.05, 0.1) is 24.3 Å². The van der Waals surface area contributed by atoms with E-state index in [0.29, 0.717) is 12.4 Å². The van der Waals surface area contributed by atoms with Crippen LogP contribution in [0, 0.1) is 0 Å². The number of carbonyl (C=O) groups excluding carboxylic acids is 3. The molecule has 0 fully saturated rings. The molecule has 0 radical (unpaired) electrons. The van der Waals surface area contributed by atoms with Crippen LogP contribution in [0.15, 0.2) is 12.1 Å². The lowest BCUT2D eigenvalue weighted by molar-refractivity contribution is -0.123. The lowest BCUT2D eigenvalue weighted by Crippen LogP contribution is -2.44. The minimum Gasteiger partial charge on any atom is -0.493 e. The number of ether oxygens (including phenoxy) is 3. The SMILES string of the molecule is CCCCOc1c(Cl)cc(C(=O)OCC(=O)NC(=O)NC(C)C)cc1OC. The van der Waals surface area contributed by atoms with Crippen molar-refractivity contribution < 1.29 is 28.6 Å². The normalized spacial score (nSPS) is 10.3. The summed E-state index contributed by atoms with van der Waals surface area (Å²) in [5.74, 6) is -0.910. The van der Waals surface area contributed by atoms with Crippen LogP contribution >= 0.6 is 11.6 Å². The fraction of sp³-hybridized carbons (Fsp3) is 0.500. The van der Waals surface area contributed by atoms with Gasteiger partial charge in [0.2, 0.25) is 0 Å². The maximum atomic E-state index is 12.1. The Hall–Kier alpha value is -2.48. The molecular formula is C18H25ClN2O6. The second-order valence-electron chi connectivity index (χ2n) is 5.94. The highest BCUT2D eigenvalue weighted by molar-refractivity contribution is 6.32. The van der Waals surface area contributed by atoms with Crippen molar-refractivity contribution in [2.45, 2.75) is 39.7 Å². The molecule has 0 aliphatic carbocycles. The summed E-state index contributed by atoms with van der Waals surface area (Å²) in [6, 6.07) is 1.99. The van der Waals surface area contributed by atoms with Crippen molar-refractivity contribution in [3.63, 3.8) is 0 Å². The third kappa shape index (κ3) is 7.74. The van der Waals surface area contributed by atoms with Crippen LogP contribution in [-0.4, -0.2) is 44.3 Å². The van der Waals surface area contributed by atoms with E-state index in [1.807, 2.05) is 6.92 Å². The number of carbonyl (C=O) groups is 3. The van der Waals surface area contributed by atoms with Gasteiger partial charge >= 0.3 is 12.0 Å². The minimum absolute atomic E-state index is 0.0964. The number of urea groups is 1. The predicted octanol–water partition coefficient (Wildman–Crippen LogP) is 2.92. The van der Waals surface area contributed by atoms with Crippen molar-refractivity contribution in [3.05, 3.63) is 22.7 Å². The van der Waals surface area contributed by atoms with Gasteiger partial charge in [0.1, 0.15) is 0 Å². The number of imide groups is 1. The van der Waals surface area contributed by atoms with Gasteiger partial charge in [-0.3, -0.25) is 10.1 Å². The quantitative estimate of drug-likeness (QED) is 0.488. The first-order valence-corrected chi connectivity index (χ1v) is 8.94. The molecule has 0 saturated carbocycles. The zero-order chi connectivity index (χ0) is 20.4. The molecule has 0 aromatic heterocycles. The van der Waals surface area contributed by atoms with Crippen LogP contribution in [0.1, 0.15) is 44.0 Å². The smallest absolute Gasteiger partial charge is 0.338 e. The minimum atomic E-state index is -0.783. The standard InChI is InChI=1S/C18H25ClN2O6/c1-5-6-7-26-16-13(19)8-12(9-14(16)25-4)17(23)27-10-15(22)21-18(24)20-11(2)3/h8-9,11H,5-7,10H2,1-4H3,(H2,20,21,22,24). The van der Waals surface area contributed by atoms with E-state index in [1.54, 1.807) is 13.8 Å². The number of hydrogen-bond acceptors (Lipinski definition) is 6. The van der Waals surface area contributed by atoms with Crippen molar-refractivity contribution in [2.75, 3.05) is 20.3 Å². The maximum Gasteiger partial charge on any atom is 0.338 e. The molecule has 0 atom stereocenters. The molecule has 0 bridgehead atoms. The number of amides is 3. The molecule has 8 nitrogen and oxygen atoms in total. The van der Waals surface area contributed by atoms with Gasteiger partial charge in [0.25, 0.3) is 5.91 Å². The molecule has 3 amide bonds. The lowest BCUT2D eigenvalue weighted by atomic mass is 10.2. The molecule has 0 aliphatic rings. The number of methoxy groups -OCH3 is 1. The molecule has 1 rings (SSSR count). The van der Waals surface area contributed by atoms with Crippen LogP contribution < -0.4 is 20.1 Å². The molecule has 2 N–H and O–H groups in total. The fourth-order valence-corrected chi connectivity index (χ4v) is 2.24. The number of benzene rings is 1. The van der Waals surface area contributed by atoms with E-state index in [2.05, 4.69) is 10.6 Å². The number of rotatable bonds is 9. The predicted molar refractivity (Wildman–Crippen MR) is 100 cm³/mol. The van der Waals surface area contributed by atoms with Crippen LogP contribution in [0.3, 0.4) is 0 Å². The molecule has 0 heterocycles. The Balaban J connectivity index is 2.70. The first-order valence-electron chi connectivity index (χ1n) is 8.56. The summed E-state index contributed by atoms with van der Waals surface area (Å²) >= 11 is 6.17. The van der Waals surface area contributed by atoms with Crippen LogP contribution in [0.5, 0.6) is 11.5 Å². The summed E-state index contributed by atoms with van der Waals surface area (Å²) in [5.41, 5.74) is 0.0964.